The Labute approximate surface area is 117 Å². The third-order valence-electron chi connectivity index (χ3n) is 3.06. The minimum absolute atomic E-state index is 0.0101. The van der Waals surface area contributed by atoms with E-state index in [0.717, 1.165) is 11.4 Å². The van der Waals surface area contributed by atoms with E-state index in [4.69, 9.17) is 5.73 Å². The first-order valence-corrected chi connectivity index (χ1v) is 6.67. The Morgan fingerprint density at radius 3 is 2.85 bits per heavy atom. The number of carbonyl (C=O) groups excluding carboxylic acids is 1. The van der Waals surface area contributed by atoms with Gasteiger partial charge in [0.15, 0.2) is 0 Å². The molecule has 6 heteroatoms. The highest BCUT2D eigenvalue weighted by Gasteiger charge is 2.08. The summed E-state index contributed by atoms with van der Waals surface area (Å²) in [5, 5.41) is 9.34. The Hall–Kier alpha value is -2.21. The summed E-state index contributed by atoms with van der Waals surface area (Å²) in [5.74, 6) is 0.780. The van der Waals surface area contributed by atoms with Gasteiger partial charge in [0, 0.05) is 25.4 Å². The number of rotatable bonds is 7. The summed E-state index contributed by atoms with van der Waals surface area (Å²) < 4.78 is 0. The van der Waals surface area contributed by atoms with Crippen molar-refractivity contribution in [1.29, 1.82) is 0 Å². The van der Waals surface area contributed by atoms with Crippen LogP contribution in [0.5, 0.6) is 0 Å². The number of nitrogens with two attached hydrogens (primary N) is 1. The molecule has 6 nitrogen and oxygen atoms in total. The summed E-state index contributed by atoms with van der Waals surface area (Å²) in [7, 11) is 0. The predicted octanol–water partition coefficient (Wildman–Crippen LogP) is 0.944. The number of H-pyrrole nitrogens is 1. The Morgan fingerprint density at radius 1 is 1.35 bits per heavy atom. The van der Waals surface area contributed by atoms with Gasteiger partial charge >= 0.3 is 0 Å². The lowest BCUT2D eigenvalue weighted by Gasteiger charge is -2.11. The minimum atomic E-state index is -0.101. The number of amides is 1. The molecule has 106 valence electrons. The van der Waals surface area contributed by atoms with Crippen LogP contribution in [0.3, 0.4) is 0 Å². The molecule has 0 aliphatic heterocycles. The highest BCUT2D eigenvalue weighted by molar-refractivity contribution is 5.75. The number of carbonyl (C=O) groups is 1. The van der Waals surface area contributed by atoms with Crippen molar-refractivity contribution in [3.63, 3.8) is 0 Å². The SMILES string of the molecule is NC(CCC(=O)NCCc1ncn[nH]1)c1ccccc1. The quantitative estimate of drug-likeness (QED) is 0.699. The highest BCUT2D eigenvalue weighted by atomic mass is 16.1. The molecule has 0 aliphatic carbocycles. The first-order chi connectivity index (χ1) is 9.75. The molecule has 1 aromatic heterocycles. The van der Waals surface area contributed by atoms with Crippen LogP contribution in [-0.2, 0) is 11.2 Å². The number of aromatic amines is 1. The summed E-state index contributed by atoms with van der Waals surface area (Å²) in [5.41, 5.74) is 7.10. The third-order valence-corrected chi connectivity index (χ3v) is 3.06. The van der Waals surface area contributed by atoms with Crippen LogP contribution >= 0.6 is 0 Å². The molecule has 1 amide bonds. The standard InChI is InChI=1S/C14H19N5O/c15-12(11-4-2-1-3-5-11)6-7-14(20)16-9-8-13-17-10-18-19-13/h1-5,10,12H,6-9,15H2,(H,16,20)(H,17,18,19). The van der Waals surface area contributed by atoms with Gasteiger partial charge in [-0.25, -0.2) is 4.98 Å². The van der Waals surface area contributed by atoms with Crippen LogP contribution in [0.2, 0.25) is 0 Å². The van der Waals surface area contributed by atoms with Gasteiger partial charge in [0.25, 0.3) is 0 Å². The van der Waals surface area contributed by atoms with Crippen molar-refractivity contribution in [2.75, 3.05) is 6.54 Å². The van der Waals surface area contributed by atoms with Crippen molar-refractivity contribution < 1.29 is 4.79 Å². The maximum atomic E-state index is 11.7. The van der Waals surface area contributed by atoms with Crippen LogP contribution in [0.4, 0.5) is 0 Å². The molecule has 1 aromatic carbocycles. The maximum Gasteiger partial charge on any atom is 0.220 e. The maximum absolute atomic E-state index is 11.7. The molecule has 0 spiro atoms. The van der Waals surface area contributed by atoms with E-state index in [-0.39, 0.29) is 11.9 Å². The largest absolute Gasteiger partial charge is 0.356 e. The van der Waals surface area contributed by atoms with Crippen molar-refractivity contribution >= 4 is 5.91 Å². The topological polar surface area (TPSA) is 96.7 Å². The molecule has 0 saturated carbocycles. The molecule has 4 N–H and O–H groups in total. The predicted molar refractivity (Wildman–Crippen MR) is 75.7 cm³/mol. The summed E-state index contributed by atoms with van der Waals surface area (Å²) in [6.07, 6.45) is 3.16. The smallest absolute Gasteiger partial charge is 0.220 e. The minimum Gasteiger partial charge on any atom is -0.356 e. The van der Waals surface area contributed by atoms with E-state index in [1.165, 1.54) is 6.33 Å². The zero-order valence-corrected chi connectivity index (χ0v) is 11.2. The third kappa shape index (κ3) is 4.47. The average molecular weight is 273 g/mol. The van der Waals surface area contributed by atoms with Crippen molar-refractivity contribution in [2.24, 2.45) is 5.73 Å². The molecule has 1 atom stereocenters. The van der Waals surface area contributed by atoms with Crippen molar-refractivity contribution in [3.8, 4) is 0 Å². The number of aromatic nitrogens is 3. The molecule has 0 fully saturated rings. The van der Waals surface area contributed by atoms with E-state index >= 15 is 0 Å². The van der Waals surface area contributed by atoms with Gasteiger partial charge in [-0.1, -0.05) is 30.3 Å². The van der Waals surface area contributed by atoms with E-state index in [0.29, 0.717) is 25.8 Å². The van der Waals surface area contributed by atoms with E-state index < -0.39 is 0 Å². The lowest BCUT2D eigenvalue weighted by Crippen LogP contribution is -2.26. The van der Waals surface area contributed by atoms with Gasteiger partial charge in [-0.15, -0.1) is 0 Å². The molecular weight excluding hydrogens is 254 g/mol. The zero-order chi connectivity index (χ0) is 14.2. The average Bonchev–Trinajstić information content (AvgIpc) is 2.99. The molecule has 0 radical (unpaired) electrons. The van der Waals surface area contributed by atoms with Crippen molar-refractivity contribution in [2.45, 2.75) is 25.3 Å². The van der Waals surface area contributed by atoms with E-state index in [1.54, 1.807) is 0 Å². The van der Waals surface area contributed by atoms with Crippen LogP contribution in [0.15, 0.2) is 36.7 Å². The second-order valence-electron chi connectivity index (χ2n) is 4.59. The molecule has 0 aliphatic rings. The second kappa shape index (κ2) is 7.40. The van der Waals surface area contributed by atoms with Crippen molar-refractivity contribution in [1.82, 2.24) is 20.5 Å². The van der Waals surface area contributed by atoms with E-state index in [2.05, 4.69) is 20.5 Å². The van der Waals surface area contributed by atoms with Gasteiger partial charge < -0.3 is 11.1 Å². The van der Waals surface area contributed by atoms with Crippen LogP contribution in [0, 0.1) is 0 Å². The Kier molecular flexibility index (Phi) is 5.25. The van der Waals surface area contributed by atoms with E-state index in [9.17, 15) is 4.79 Å². The summed E-state index contributed by atoms with van der Waals surface area (Å²) in [4.78, 5) is 15.7. The monoisotopic (exact) mass is 273 g/mol. The normalized spacial score (nSPS) is 12.1. The number of nitrogens with one attached hydrogen (secondary N) is 2. The molecule has 0 saturated heterocycles. The fourth-order valence-electron chi connectivity index (χ4n) is 1.91. The number of benzene rings is 1. The number of nitrogens with zero attached hydrogens (tertiary/aromatic N) is 2. The van der Waals surface area contributed by atoms with Gasteiger partial charge in [0.1, 0.15) is 12.2 Å². The Bertz CT molecular complexity index is 512. The molecule has 20 heavy (non-hydrogen) atoms. The summed E-state index contributed by atoms with van der Waals surface area (Å²) in [6, 6.07) is 9.71. The fraction of sp³-hybridized carbons (Fsp3) is 0.357. The molecular formula is C14H19N5O. The molecule has 1 heterocycles. The van der Waals surface area contributed by atoms with Gasteiger partial charge in [-0.3, -0.25) is 9.89 Å². The molecule has 1 unspecified atom stereocenters. The first kappa shape index (κ1) is 14.2. The van der Waals surface area contributed by atoms with Crippen LogP contribution in [0.1, 0.15) is 30.3 Å². The van der Waals surface area contributed by atoms with Gasteiger partial charge in [-0.05, 0) is 12.0 Å². The molecule has 2 aromatic rings. The fourth-order valence-corrected chi connectivity index (χ4v) is 1.91. The summed E-state index contributed by atoms with van der Waals surface area (Å²) in [6.45, 7) is 0.550. The van der Waals surface area contributed by atoms with Gasteiger partial charge in [0.2, 0.25) is 5.91 Å². The first-order valence-electron chi connectivity index (χ1n) is 6.67. The van der Waals surface area contributed by atoms with Crippen molar-refractivity contribution in [3.05, 3.63) is 48.0 Å². The number of hydrogen-bond acceptors (Lipinski definition) is 4. The lowest BCUT2D eigenvalue weighted by atomic mass is 10.0. The number of hydrogen-bond donors (Lipinski definition) is 3. The van der Waals surface area contributed by atoms with Crippen LogP contribution in [0.25, 0.3) is 0 Å². The Morgan fingerprint density at radius 2 is 2.15 bits per heavy atom. The second-order valence-corrected chi connectivity index (χ2v) is 4.59. The molecule has 2 rings (SSSR count). The van der Waals surface area contributed by atoms with E-state index in [1.807, 2.05) is 30.3 Å². The van der Waals surface area contributed by atoms with Gasteiger partial charge in [-0.2, -0.15) is 5.10 Å². The highest BCUT2D eigenvalue weighted by Crippen LogP contribution is 2.14. The zero-order valence-electron chi connectivity index (χ0n) is 11.2. The van der Waals surface area contributed by atoms with Crippen LogP contribution in [-0.4, -0.2) is 27.6 Å². The molecule has 0 bridgehead atoms. The van der Waals surface area contributed by atoms with Gasteiger partial charge in [0.05, 0.1) is 0 Å². The Balaban J connectivity index is 1.65. The summed E-state index contributed by atoms with van der Waals surface area (Å²) >= 11 is 0. The van der Waals surface area contributed by atoms with Crippen LogP contribution < -0.4 is 11.1 Å². The lowest BCUT2D eigenvalue weighted by molar-refractivity contribution is -0.121.